The van der Waals surface area contributed by atoms with Gasteiger partial charge in [0.2, 0.25) is 0 Å². The molecule has 0 aromatic heterocycles. The number of rotatable bonds is 0. The highest BCUT2D eigenvalue weighted by Gasteiger charge is 2.01. The normalized spacial score (nSPS) is 9.90. The summed E-state index contributed by atoms with van der Waals surface area (Å²) in [6, 6.07) is 3.91. The van der Waals surface area contributed by atoms with Gasteiger partial charge in [0.15, 0.2) is 0 Å². The number of hydrogen-bond acceptors (Lipinski definition) is 1. The van der Waals surface area contributed by atoms with E-state index in [0.29, 0.717) is 5.75 Å². The average Bonchev–Trinajstić information content (AvgIpc) is 1.82. The molecule has 1 aromatic carbocycles. The van der Waals surface area contributed by atoms with E-state index < -0.39 is 0 Å². The standard InChI is InChI=1S/C7H6I2O/c1-4-2-5(8)7(10)6(9)3-4/h2-3,10H,1H3. The van der Waals surface area contributed by atoms with Crippen LogP contribution in [0.3, 0.4) is 0 Å². The maximum Gasteiger partial charge on any atom is 0.142 e. The van der Waals surface area contributed by atoms with Gasteiger partial charge in [-0.05, 0) is 69.8 Å². The molecule has 0 unspecified atom stereocenters. The minimum atomic E-state index is 0.395. The maximum atomic E-state index is 9.32. The molecule has 10 heavy (non-hydrogen) atoms. The van der Waals surface area contributed by atoms with Gasteiger partial charge in [0.25, 0.3) is 0 Å². The highest BCUT2D eigenvalue weighted by molar-refractivity contribution is 14.1. The number of hydrogen-bond donors (Lipinski definition) is 1. The summed E-state index contributed by atoms with van der Waals surface area (Å²) in [6.07, 6.45) is 0. The number of benzene rings is 1. The van der Waals surface area contributed by atoms with Crippen LogP contribution in [0.15, 0.2) is 12.1 Å². The third-order valence-corrected chi connectivity index (χ3v) is 2.81. The molecule has 1 rings (SSSR count). The SMILES string of the molecule is Cc1cc(I)c(O)c(I)c1. The van der Waals surface area contributed by atoms with Crippen molar-refractivity contribution in [3.8, 4) is 5.75 Å². The number of phenols is 1. The Labute approximate surface area is 87.1 Å². The van der Waals surface area contributed by atoms with Gasteiger partial charge >= 0.3 is 0 Å². The van der Waals surface area contributed by atoms with E-state index in [2.05, 4.69) is 45.2 Å². The first-order valence-electron chi connectivity index (χ1n) is 2.76. The largest absolute Gasteiger partial charge is 0.506 e. The fraction of sp³-hybridized carbons (Fsp3) is 0.143. The van der Waals surface area contributed by atoms with Gasteiger partial charge in [0, 0.05) is 0 Å². The molecule has 0 amide bonds. The molecule has 0 spiro atoms. The summed E-state index contributed by atoms with van der Waals surface area (Å²) in [5.41, 5.74) is 1.19. The summed E-state index contributed by atoms with van der Waals surface area (Å²) in [4.78, 5) is 0. The van der Waals surface area contributed by atoms with Gasteiger partial charge in [-0.1, -0.05) is 0 Å². The van der Waals surface area contributed by atoms with Crippen molar-refractivity contribution in [3.63, 3.8) is 0 Å². The van der Waals surface area contributed by atoms with Crippen LogP contribution in [0.25, 0.3) is 0 Å². The van der Waals surface area contributed by atoms with Crippen LogP contribution in [0.5, 0.6) is 5.75 Å². The highest BCUT2D eigenvalue weighted by atomic mass is 127. The van der Waals surface area contributed by atoms with Gasteiger partial charge in [-0.3, -0.25) is 0 Å². The Kier molecular flexibility index (Phi) is 2.79. The Hall–Kier alpha value is 0.480. The van der Waals surface area contributed by atoms with Crippen LogP contribution in [0.2, 0.25) is 0 Å². The van der Waals surface area contributed by atoms with Crippen LogP contribution < -0.4 is 0 Å². The van der Waals surface area contributed by atoms with Crippen molar-refractivity contribution in [1.82, 2.24) is 0 Å². The van der Waals surface area contributed by atoms with E-state index in [-0.39, 0.29) is 0 Å². The summed E-state index contributed by atoms with van der Waals surface area (Å²) in [5.74, 6) is 0.395. The van der Waals surface area contributed by atoms with Crippen molar-refractivity contribution in [2.24, 2.45) is 0 Å². The molecule has 0 atom stereocenters. The van der Waals surface area contributed by atoms with Crippen LogP contribution in [-0.2, 0) is 0 Å². The van der Waals surface area contributed by atoms with Gasteiger partial charge < -0.3 is 5.11 Å². The molecular weight excluding hydrogens is 354 g/mol. The zero-order valence-corrected chi connectivity index (χ0v) is 9.67. The first kappa shape index (κ1) is 8.58. The molecule has 1 N–H and O–H groups in total. The lowest BCUT2D eigenvalue weighted by atomic mass is 10.2. The third kappa shape index (κ3) is 1.75. The quantitative estimate of drug-likeness (QED) is 0.706. The first-order chi connectivity index (χ1) is 4.61. The Morgan fingerprint density at radius 1 is 1.20 bits per heavy atom. The topological polar surface area (TPSA) is 20.2 Å². The Morgan fingerprint density at radius 3 is 2.00 bits per heavy atom. The van der Waals surface area contributed by atoms with Crippen molar-refractivity contribution in [2.75, 3.05) is 0 Å². The molecule has 0 fully saturated rings. The lowest BCUT2D eigenvalue weighted by Gasteiger charge is -2.00. The van der Waals surface area contributed by atoms with Crippen molar-refractivity contribution < 1.29 is 5.11 Å². The van der Waals surface area contributed by atoms with Gasteiger partial charge in [-0.2, -0.15) is 0 Å². The monoisotopic (exact) mass is 360 g/mol. The van der Waals surface area contributed by atoms with Crippen LogP contribution in [0.1, 0.15) is 5.56 Å². The molecule has 0 saturated carbocycles. The molecule has 0 heterocycles. The predicted molar refractivity (Wildman–Crippen MR) is 58.3 cm³/mol. The van der Waals surface area contributed by atoms with E-state index >= 15 is 0 Å². The molecule has 1 aromatic rings. The highest BCUT2D eigenvalue weighted by Crippen LogP contribution is 2.26. The molecule has 3 heteroatoms. The minimum Gasteiger partial charge on any atom is -0.506 e. The van der Waals surface area contributed by atoms with E-state index in [1.807, 2.05) is 19.1 Å². The maximum absolute atomic E-state index is 9.32. The molecule has 0 radical (unpaired) electrons. The van der Waals surface area contributed by atoms with Crippen molar-refractivity contribution in [1.29, 1.82) is 0 Å². The summed E-state index contributed by atoms with van der Waals surface area (Å²) < 4.78 is 1.84. The zero-order chi connectivity index (χ0) is 7.72. The summed E-state index contributed by atoms with van der Waals surface area (Å²) in [6.45, 7) is 2.02. The van der Waals surface area contributed by atoms with Crippen LogP contribution in [0.4, 0.5) is 0 Å². The second-order valence-corrected chi connectivity index (χ2v) is 4.40. The molecule has 0 bridgehead atoms. The van der Waals surface area contributed by atoms with Crippen molar-refractivity contribution >= 4 is 45.2 Å². The molecular formula is C7H6I2O. The summed E-state index contributed by atoms with van der Waals surface area (Å²) in [7, 11) is 0. The second kappa shape index (κ2) is 3.25. The second-order valence-electron chi connectivity index (χ2n) is 2.08. The van der Waals surface area contributed by atoms with Crippen LogP contribution >= 0.6 is 45.2 Å². The lowest BCUT2D eigenvalue weighted by molar-refractivity contribution is 0.467. The minimum absolute atomic E-state index is 0.395. The first-order valence-corrected chi connectivity index (χ1v) is 4.91. The fourth-order valence-corrected chi connectivity index (χ4v) is 2.77. The lowest BCUT2D eigenvalue weighted by Crippen LogP contribution is -1.81. The molecule has 0 aliphatic carbocycles. The van der Waals surface area contributed by atoms with Gasteiger partial charge in [-0.25, -0.2) is 0 Å². The van der Waals surface area contributed by atoms with Gasteiger partial charge in [0.1, 0.15) is 5.75 Å². The van der Waals surface area contributed by atoms with E-state index in [4.69, 9.17) is 0 Å². The number of aromatic hydroxyl groups is 1. The van der Waals surface area contributed by atoms with Gasteiger partial charge in [0.05, 0.1) is 7.14 Å². The van der Waals surface area contributed by atoms with Crippen molar-refractivity contribution in [3.05, 3.63) is 24.8 Å². The fourth-order valence-electron chi connectivity index (χ4n) is 0.692. The predicted octanol–water partition coefficient (Wildman–Crippen LogP) is 2.91. The van der Waals surface area contributed by atoms with Gasteiger partial charge in [-0.15, -0.1) is 0 Å². The van der Waals surface area contributed by atoms with Crippen molar-refractivity contribution in [2.45, 2.75) is 6.92 Å². The van der Waals surface area contributed by atoms with Crippen LogP contribution in [0, 0.1) is 14.1 Å². The van der Waals surface area contributed by atoms with Crippen LogP contribution in [-0.4, -0.2) is 5.11 Å². The molecule has 54 valence electrons. The van der Waals surface area contributed by atoms with E-state index in [1.165, 1.54) is 5.56 Å². The average molecular weight is 360 g/mol. The molecule has 0 saturated heterocycles. The summed E-state index contributed by atoms with van der Waals surface area (Å²) in [5, 5.41) is 9.32. The smallest absolute Gasteiger partial charge is 0.142 e. The Balaban J connectivity index is 3.31. The van der Waals surface area contributed by atoms with E-state index in [9.17, 15) is 5.11 Å². The van der Waals surface area contributed by atoms with E-state index in [0.717, 1.165) is 7.14 Å². The molecule has 1 nitrogen and oxygen atoms in total. The Morgan fingerprint density at radius 2 is 1.60 bits per heavy atom. The zero-order valence-electron chi connectivity index (χ0n) is 5.36. The number of aryl methyl sites for hydroxylation is 1. The Bertz CT molecular complexity index is 235. The number of phenolic OH excluding ortho intramolecular Hbond substituents is 1. The summed E-state index contributed by atoms with van der Waals surface area (Å²) >= 11 is 4.24. The molecule has 0 aliphatic heterocycles. The number of halogens is 2. The molecule has 0 aliphatic rings. The third-order valence-electron chi connectivity index (χ3n) is 1.16. The van der Waals surface area contributed by atoms with E-state index in [1.54, 1.807) is 0 Å².